The number of rotatable bonds is 0. The Balaban J connectivity index is 2.38. The normalized spacial score (nSPS) is 19.0. The van der Waals surface area contributed by atoms with Gasteiger partial charge in [-0.05, 0) is 32.0 Å². The fourth-order valence-electron chi connectivity index (χ4n) is 1.38. The predicted octanol–water partition coefficient (Wildman–Crippen LogP) is 3.64. The van der Waals surface area contributed by atoms with Crippen molar-refractivity contribution in [3.05, 3.63) is 23.2 Å². The molecule has 0 atom stereocenters. The van der Waals surface area contributed by atoms with Crippen molar-refractivity contribution >= 4 is 29.1 Å². The number of halogens is 1. The Morgan fingerprint density at radius 2 is 2.23 bits per heavy atom. The van der Waals surface area contributed by atoms with Crippen LogP contribution in [0.1, 0.15) is 13.8 Å². The zero-order chi connectivity index (χ0) is 9.47. The number of fused-ring (bicyclic) bond motifs is 1. The average Bonchev–Trinajstić information content (AvgIpc) is 2.01. The van der Waals surface area contributed by atoms with E-state index in [4.69, 9.17) is 11.6 Å². The highest BCUT2D eigenvalue weighted by Gasteiger charge is 2.24. The second-order valence-electron chi connectivity index (χ2n) is 3.94. The topological polar surface area (TPSA) is 12.0 Å². The summed E-state index contributed by atoms with van der Waals surface area (Å²) in [6.45, 7) is 4.40. The fraction of sp³-hybridized carbons (Fsp3) is 0.400. The van der Waals surface area contributed by atoms with Gasteiger partial charge in [0, 0.05) is 26.9 Å². The van der Waals surface area contributed by atoms with Gasteiger partial charge in [-0.25, -0.2) is 0 Å². The summed E-state index contributed by atoms with van der Waals surface area (Å²) in [6, 6.07) is 6.00. The smallest absolute Gasteiger partial charge is 0.0497 e. The van der Waals surface area contributed by atoms with Crippen LogP contribution in [-0.2, 0) is 0 Å². The standard InChI is InChI=1S/C10H12ClNS/c1-10(2)6-13-9-4-3-7(11)5-8(9)12-10/h3-5,12H,6H2,1-2H3. The molecule has 1 aliphatic heterocycles. The lowest BCUT2D eigenvalue weighted by atomic mass is 10.1. The molecule has 0 fully saturated rings. The van der Waals surface area contributed by atoms with Gasteiger partial charge in [-0.1, -0.05) is 11.6 Å². The molecule has 0 aliphatic carbocycles. The number of thioether (sulfide) groups is 1. The van der Waals surface area contributed by atoms with Crippen LogP contribution in [0.5, 0.6) is 0 Å². The van der Waals surface area contributed by atoms with E-state index in [9.17, 15) is 0 Å². The Bertz CT molecular complexity index is 336. The Morgan fingerprint density at radius 1 is 1.46 bits per heavy atom. The lowest BCUT2D eigenvalue weighted by molar-refractivity contribution is 0.637. The average molecular weight is 214 g/mol. The predicted molar refractivity (Wildman–Crippen MR) is 59.9 cm³/mol. The molecule has 1 N–H and O–H groups in total. The number of nitrogens with one attached hydrogen (secondary N) is 1. The second-order valence-corrected chi connectivity index (χ2v) is 5.39. The minimum absolute atomic E-state index is 0.169. The molecule has 0 saturated heterocycles. The molecule has 3 heteroatoms. The summed E-state index contributed by atoms with van der Waals surface area (Å²) in [7, 11) is 0. The van der Waals surface area contributed by atoms with Gasteiger partial charge < -0.3 is 5.32 Å². The molecule has 1 aromatic rings. The van der Waals surface area contributed by atoms with E-state index in [0.29, 0.717) is 0 Å². The number of hydrogen-bond donors (Lipinski definition) is 1. The van der Waals surface area contributed by atoms with E-state index < -0.39 is 0 Å². The highest BCUT2D eigenvalue weighted by molar-refractivity contribution is 7.99. The third-order valence-electron chi connectivity index (χ3n) is 2.00. The monoisotopic (exact) mass is 213 g/mol. The lowest BCUT2D eigenvalue weighted by Gasteiger charge is -2.33. The summed E-state index contributed by atoms with van der Waals surface area (Å²) in [5.41, 5.74) is 1.33. The quantitative estimate of drug-likeness (QED) is 0.706. The van der Waals surface area contributed by atoms with Gasteiger partial charge >= 0.3 is 0 Å². The molecule has 1 aromatic carbocycles. The highest BCUT2D eigenvalue weighted by Crippen LogP contribution is 2.38. The molecule has 0 unspecified atom stereocenters. The molecule has 0 saturated carbocycles. The third-order valence-corrected chi connectivity index (χ3v) is 3.77. The van der Waals surface area contributed by atoms with E-state index in [1.165, 1.54) is 4.90 Å². The fourth-order valence-corrected chi connectivity index (χ4v) is 2.57. The summed E-state index contributed by atoms with van der Waals surface area (Å²) in [4.78, 5) is 1.30. The maximum Gasteiger partial charge on any atom is 0.0497 e. The first-order valence-electron chi connectivity index (χ1n) is 4.27. The molecule has 13 heavy (non-hydrogen) atoms. The molecule has 70 valence electrons. The molecule has 0 amide bonds. The SMILES string of the molecule is CC1(C)CSc2ccc(Cl)cc2N1. The van der Waals surface area contributed by atoms with Gasteiger partial charge in [0.1, 0.15) is 0 Å². The zero-order valence-electron chi connectivity index (χ0n) is 7.73. The van der Waals surface area contributed by atoms with E-state index in [2.05, 4.69) is 25.2 Å². The summed E-state index contributed by atoms with van der Waals surface area (Å²) in [6.07, 6.45) is 0. The van der Waals surface area contributed by atoms with Crippen LogP contribution in [-0.4, -0.2) is 11.3 Å². The van der Waals surface area contributed by atoms with Crippen molar-refractivity contribution in [3.8, 4) is 0 Å². The first kappa shape index (κ1) is 9.22. The van der Waals surface area contributed by atoms with Crippen molar-refractivity contribution in [1.29, 1.82) is 0 Å². The van der Waals surface area contributed by atoms with Crippen LogP contribution in [0, 0.1) is 0 Å². The summed E-state index contributed by atoms with van der Waals surface area (Å²) in [5, 5.41) is 4.27. The van der Waals surface area contributed by atoms with Crippen molar-refractivity contribution in [2.45, 2.75) is 24.3 Å². The minimum Gasteiger partial charge on any atom is -0.378 e. The van der Waals surface area contributed by atoms with Crippen molar-refractivity contribution in [1.82, 2.24) is 0 Å². The van der Waals surface area contributed by atoms with Gasteiger partial charge in [0.2, 0.25) is 0 Å². The van der Waals surface area contributed by atoms with Gasteiger partial charge in [-0.3, -0.25) is 0 Å². The molecule has 0 radical (unpaired) electrons. The molecule has 2 rings (SSSR count). The van der Waals surface area contributed by atoms with Crippen LogP contribution in [0.25, 0.3) is 0 Å². The van der Waals surface area contributed by atoms with Crippen molar-refractivity contribution in [3.63, 3.8) is 0 Å². The van der Waals surface area contributed by atoms with E-state index in [1.54, 1.807) is 0 Å². The highest BCUT2D eigenvalue weighted by atomic mass is 35.5. The van der Waals surface area contributed by atoms with Crippen molar-refractivity contribution in [2.75, 3.05) is 11.1 Å². The molecular weight excluding hydrogens is 202 g/mol. The van der Waals surface area contributed by atoms with Gasteiger partial charge in [0.15, 0.2) is 0 Å². The van der Waals surface area contributed by atoms with Crippen molar-refractivity contribution in [2.24, 2.45) is 0 Å². The van der Waals surface area contributed by atoms with E-state index in [-0.39, 0.29) is 5.54 Å². The Labute approximate surface area is 87.9 Å². The number of hydrogen-bond acceptors (Lipinski definition) is 2. The molecule has 1 nitrogen and oxygen atoms in total. The van der Waals surface area contributed by atoms with Crippen molar-refractivity contribution < 1.29 is 0 Å². The van der Waals surface area contributed by atoms with Crippen LogP contribution in [0.15, 0.2) is 23.1 Å². The van der Waals surface area contributed by atoms with E-state index in [0.717, 1.165) is 16.5 Å². The molecule has 0 bridgehead atoms. The minimum atomic E-state index is 0.169. The summed E-state index contributed by atoms with van der Waals surface area (Å²) in [5.74, 6) is 1.10. The van der Waals surface area contributed by atoms with Gasteiger partial charge in [0.25, 0.3) is 0 Å². The van der Waals surface area contributed by atoms with Crippen LogP contribution >= 0.6 is 23.4 Å². The van der Waals surface area contributed by atoms with Gasteiger partial charge in [-0.15, -0.1) is 11.8 Å². The van der Waals surface area contributed by atoms with E-state index in [1.807, 2.05) is 23.9 Å². The molecule has 1 aliphatic rings. The molecular formula is C10H12ClNS. The summed E-state index contributed by atoms with van der Waals surface area (Å²) < 4.78 is 0. The maximum absolute atomic E-state index is 5.92. The molecule has 0 aromatic heterocycles. The van der Waals surface area contributed by atoms with Crippen LogP contribution in [0.2, 0.25) is 5.02 Å². The number of benzene rings is 1. The van der Waals surface area contributed by atoms with Crippen LogP contribution in [0.4, 0.5) is 5.69 Å². The second kappa shape index (κ2) is 3.10. The Morgan fingerprint density at radius 3 is 3.00 bits per heavy atom. The Hall–Kier alpha value is -0.340. The molecule has 0 spiro atoms. The van der Waals surface area contributed by atoms with E-state index >= 15 is 0 Å². The van der Waals surface area contributed by atoms with Crippen LogP contribution < -0.4 is 5.32 Å². The first-order chi connectivity index (χ1) is 6.07. The lowest BCUT2D eigenvalue weighted by Crippen LogP contribution is -2.36. The zero-order valence-corrected chi connectivity index (χ0v) is 9.30. The third kappa shape index (κ3) is 1.94. The first-order valence-corrected chi connectivity index (χ1v) is 5.64. The maximum atomic E-state index is 5.92. The summed E-state index contributed by atoms with van der Waals surface area (Å²) >= 11 is 7.80. The van der Waals surface area contributed by atoms with Crippen LogP contribution in [0.3, 0.4) is 0 Å². The van der Waals surface area contributed by atoms with Gasteiger partial charge in [-0.2, -0.15) is 0 Å². The van der Waals surface area contributed by atoms with Gasteiger partial charge in [0.05, 0.1) is 0 Å². The molecule has 1 heterocycles. The Kier molecular flexibility index (Phi) is 2.20. The number of anilines is 1. The largest absolute Gasteiger partial charge is 0.378 e.